The summed E-state index contributed by atoms with van der Waals surface area (Å²) in [5.74, 6) is 0.315. The molecule has 0 bridgehead atoms. The van der Waals surface area contributed by atoms with Crippen molar-refractivity contribution in [2.24, 2.45) is 0 Å². The van der Waals surface area contributed by atoms with Crippen LogP contribution in [0.2, 0.25) is 0 Å². The molecular weight excluding hydrogens is 212 g/mol. The molecule has 2 aromatic rings. The molecule has 1 aliphatic heterocycles. The van der Waals surface area contributed by atoms with Gasteiger partial charge < -0.3 is 5.11 Å². The number of rotatable bonds is 2. The predicted octanol–water partition coefficient (Wildman–Crippen LogP) is 2.54. The molecule has 1 saturated heterocycles. The van der Waals surface area contributed by atoms with E-state index < -0.39 is 0 Å². The third-order valence-electron chi connectivity index (χ3n) is 3.35. The largest absolute Gasteiger partial charge is 0.506 e. The lowest BCUT2D eigenvalue weighted by atomic mass is 10.2. The van der Waals surface area contributed by atoms with E-state index in [1.807, 2.05) is 30.3 Å². The standard InChI is InChI=1S/C14H16N2O/c17-14-9-11-5-1-2-6-12(11)15-13(14)10-16-7-3-4-8-16/h1-2,5-6,9,17H,3-4,7-8,10H2. The molecule has 1 aliphatic rings. The van der Waals surface area contributed by atoms with Crippen molar-refractivity contribution >= 4 is 10.9 Å². The van der Waals surface area contributed by atoms with Crippen molar-refractivity contribution in [1.82, 2.24) is 9.88 Å². The van der Waals surface area contributed by atoms with Crippen LogP contribution in [0, 0.1) is 0 Å². The zero-order valence-corrected chi connectivity index (χ0v) is 9.76. The topological polar surface area (TPSA) is 36.4 Å². The normalized spacial score (nSPS) is 16.7. The van der Waals surface area contributed by atoms with Crippen molar-refractivity contribution in [3.63, 3.8) is 0 Å². The van der Waals surface area contributed by atoms with Crippen molar-refractivity contribution in [3.8, 4) is 5.75 Å². The van der Waals surface area contributed by atoms with Gasteiger partial charge in [0.2, 0.25) is 0 Å². The van der Waals surface area contributed by atoms with E-state index >= 15 is 0 Å². The average Bonchev–Trinajstić information content (AvgIpc) is 2.83. The van der Waals surface area contributed by atoms with Gasteiger partial charge in [0.05, 0.1) is 11.2 Å². The van der Waals surface area contributed by atoms with E-state index in [1.165, 1.54) is 12.8 Å². The summed E-state index contributed by atoms with van der Waals surface area (Å²) >= 11 is 0. The van der Waals surface area contributed by atoms with Gasteiger partial charge in [-0.25, -0.2) is 4.98 Å². The van der Waals surface area contributed by atoms with Crippen LogP contribution in [0.15, 0.2) is 30.3 Å². The zero-order chi connectivity index (χ0) is 11.7. The number of hydrogen-bond acceptors (Lipinski definition) is 3. The van der Waals surface area contributed by atoms with Crippen molar-refractivity contribution in [3.05, 3.63) is 36.0 Å². The number of pyridine rings is 1. The van der Waals surface area contributed by atoms with Crippen molar-refractivity contribution in [2.45, 2.75) is 19.4 Å². The highest BCUT2D eigenvalue weighted by atomic mass is 16.3. The second kappa shape index (κ2) is 4.34. The minimum Gasteiger partial charge on any atom is -0.506 e. The van der Waals surface area contributed by atoms with E-state index in [4.69, 9.17) is 0 Å². The van der Waals surface area contributed by atoms with Crippen molar-refractivity contribution < 1.29 is 5.11 Å². The number of aromatic nitrogens is 1. The highest BCUT2D eigenvalue weighted by Gasteiger charge is 2.15. The van der Waals surface area contributed by atoms with Gasteiger partial charge in [-0.1, -0.05) is 18.2 Å². The van der Waals surface area contributed by atoms with Crippen LogP contribution in [0.4, 0.5) is 0 Å². The average molecular weight is 228 g/mol. The highest BCUT2D eigenvalue weighted by Crippen LogP contribution is 2.23. The molecule has 0 atom stereocenters. The lowest BCUT2D eigenvalue weighted by molar-refractivity contribution is 0.319. The highest BCUT2D eigenvalue weighted by molar-refractivity contribution is 5.80. The molecule has 1 fully saturated rings. The van der Waals surface area contributed by atoms with Gasteiger partial charge in [-0.2, -0.15) is 0 Å². The number of fused-ring (bicyclic) bond motifs is 1. The summed E-state index contributed by atoms with van der Waals surface area (Å²) in [7, 11) is 0. The summed E-state index contributed by atoms with van der Waals surface area (Å²) in [5.41, 5.74) is 1.75. The van der Waals surface area contributed by atoms with E-state index in [9.17, 15) is 5.11 Å². The molecule has 17 heavy (non-hydrogen) atoms. The summed E-state index contributed by atoms with van der Waals surface area (Å²) in [6.07, 6.45) is 2.52. The molecule has 1 N–H and O–H groups in total. The Hall–Kier alpha value is -1.61. The number of benzene rings is 1. The van der Waals surface area contributed by atoms with Gasteiger partial charge in [-0.05, 0) is 38.1 Å². The molecule has 88 valence electrons. The van der Waals surface area contributed by atoms with Crippen LogP contribution in [0.5, 0.6) is 5.75 Å². The first-order chi connectivity index (χ1) is 8.33. The van der Waals surface area contributed by atoms with Crippen LogP contribution in [-0.2, 0) is 6.54 Å². The fraction of sp³-hybridized carbons (Fsp3) is 0.357. The molecule has 1 aromatic heterocycles. The molecule has 0 saturated carbocycles. The predicted molar refractivity (Wildman–Crippen MR) is 67.9 cm³/mol. The molecule has 0 radical (unpaired) electrons. The second-order valence-electron chi connectivity index (χ2n) is 4.63. The van der Waals surface area contributed by atoms with E-state index in [0.717, 1.165) is 36.2 Å². The van der Waals surface area contributed by atoms with E-state index in [2.05, 4.69) is 9.88 Å². The molecule has 1 aromatic carbocycles. The monoisotopic (exact) mass is 228 g/mol. The minimum atomic E-state index is 0.315. The lowest BCUT2D eigenvalue weighted by Crippen LogP contribution is -2.19. The van der Waals surface area contributed by atoms with E-state index in [1.54, 1.807) is 0 Å². The van der Waals surface area contributed by atoms with E-state index in [0.29, 0.717) is 5.75 Å². The van der Waals surface area contributed by atoms with Crippen LogP contribution in [0.1, 0.15) is 18.5 Å². The Morgan fingerprint density at radius 3 is 2.76 bits per heavy atom. The van der Waals surface area contributed by atoms with Crippen LogP contribution in [0.3, 0.4) is 0 Å². The van der Waals surface area contributed by atoms with Gasteiger partial charge in [0, 0.05) is 11.9 Å². The Morgan fingerprint density at radius 2 is 1.94 bits per heavy atom. The van der Waals surface area contributed by atoms with Gasteiger partial charge in [0.15, 0.2) is 0 Å². The number of likely N-dealkylation sites (tertiary alicyclic amines) is 1. The van der Waals surface area contributed by atoms with Gasteiger partial charge in [-0.3, -0.25) is 4.90 Å². The maximum atomic E-state index is 9.98. The van der Waals surface area contributed by atoms with Gasteiger partial charge in [-0.15, -0.1) is 0 Å². The first-order valence-electron chi connectivity index (χ1n) is 6.13. The Kier molecular flexibility index (Phi) is 2.69. The van der Waals surface area contributed by atoms with Crippen molar-refractivity contribution in [1.29, 1.82) is 0 Å². The number of hydrogen-bond donors (Lipinski definition) is 1. The molecule has 3 rings (SSSR count). The maximum Gasteiger partial charge on any atom is 0.139 e. The Bertz CT molecular complexity index is 533. The molecular formula is C14H16N2O. The van der Waals surface area contributed by atoms with E-state index in [-0.39, 0.29) is 0 Å². The number of nitrogens with zero attached hydrogens (tertiary/aromatic N) is 2. The smallest absolute Gasteiger partial charge is 0.139 e. The summed E-state index contributed by atoms with van der Waals surface area (Å²) in [6.45, 7) is 3.00. The molecule has 2 heterocycles. The zero-order valence-electron chi connectivity index (χ0n) is 9.76. The summed E-state index contributed by atoms with van der Waals surface area (Å²) in [5, 5.41) is 11.0. The molecule has 0 aliphatic carbocycles. The fourth-order valence-electron chi connectivity index (χ4n) is 2.41. The minimum absolute atomic E-state index is 0.315. The number of aromatic hydroxyl groups is 1. The van der Waals surface area contributed by atoms with Gasteiger partial charge in [0.25, 0.3) is 0 Å². The summed E-state index contributed by atoms with van der Waals surface area (Å²) in [4.78, 5) is 6.89. The lowest BCUT2D eigenvalue weighted by Gasteiger charge is -2.15. The summed E-state index contributed by atoms with van der Waals surface area (Å²) < 4.78 is 0. The van der Waals surface area contributed by atoms with Crippen LogP contribution in [0.25, 0.3) is 10.9 Å². The van der Waals surface area contributed by atoms with Gasteiger partial charge >= 0.3 is 0 Å². The fourth-order valence-corrected chi connectivity index (χ4v) is 2.41. The first-order valence-corrected chi connectivity index (χ1v) is 6.13. The Balaban J connectivity index is 1.95. The molecule has 3 heteroatoms. The van der Waals surface area contributed by atoms with Crippen LogP contribution >= 0.6 is 0 Å². The molecule has 3 nitrogen and oxygen atoms in total. The quantitative estimate of drug-likeness (QED) is 0.858. The molecule has 0 spiro atoms. The van der Waals surface area contributed by atoms with Crippen LogP contribution in [-0.4, -0.2) is 28.1 Å². The molecule has 0 unspecified atom stereocenters. The van der Waals surface area contributed by atoms with Crippen LogP contribution < -0.4 is 0 Å². The first kappa shape index (κ1) is 10.5. The Morgan fingerprint density at radius 1 is 1.18 bits per heavy atom. The maximum absolute atomic E-state index is 9.98. The SMILES string of the molecule is Oc1cc2ccccc2nc1CN1CCCC1. The molecule has 0 amide bonds. The Labute approximate surface area is 101 Å². The summed E-state index contributed by atoms with van der Waals surface area (Å²) in [6, 6.07) is 9.72. The third-order valence-corrected chi connectivity index (χ3v) is 3.35. The number of para-hydroxylation sites is 1. The second-order valence-corrected chi connectivity index (χ2v) is 4.63. The van der Waals surface area contributed by atoms with Gasteiger partial charge in [0.1, 0.15) is 5.75 Å². The van der Waals surface area contributed by atoms with Crippen molar-refractivity contribution in [2.75, 3.05) is 13.1 Å². The third kappa shape index (κ3) is 2.11.